The third kappa shape index (κ3) is 5.98. The van der Waals surface area contributed by atoms with Crippen molar-refractivity contribution in [3.05, 3.63) is 73.3 Å². The van der Waals surface area contributed by atoms with Crippen molar-refractivity contribution in [3.63, 3.8) is 0 Å². The predicted octanol–water partition coefficient (Wildman–Crippen LogP) is 4.42. The number of rotatable bonds is 9. The highest BCUT2D eigenvalue weighted by Gasteiger charge is 2.73. The van der Waals surface area contributed by atoms with Crippen LogP contribution in [-0.4, -0.2) is 58.4 Å². The molecule has 1 aliphatic carbocycles. The van der Waals surface area contributed by atoms with Crippen LogP contribution >= 0.6 is 0 Å². The standard InChI is InChI=1S/C25H22F6O8S2/c1-2-17-13-22(20(32)38-15-24(26,27)28,21(33)39-16-25(29,30)31)14-23(17,40(34,35)18-9-5-3-6-10-18)41(36,37)19-11-7-4-8-12-19/h2-12,17H,1,13-16H2. The van der Waals surface area contributed by atoms with Crippen molar-refractivity contribution in [1.82, 2.24) is 0 Å². The van der Waals surface area contributed by atoms with Gasteiger partial charge in [0.2, 0.25) is 0 Å². The molecule has 1 fully saturated rings. The second-order valence-electron chi connectivity index (χ2n) is 9.13. The highest BCUT2D eigenvalue weighted by molar-refractivity contribution is 8.10. The first-order valence-corrected chi connectivity index (χ1v) is 14.5. The molecule has 1 aliphatic rings. The van der Waals surface area contributed by atoms with Crippen LogP contribution in [0.15, 0.2) is 83.1 Å². The van der Waals surface area contributed by atoms with Crippen LogP contribution in [0.3, 0.4) is 0 Å². The summed E-state index contributed by atoms with van der Waals surface area (Å²) < 4.78 is 139. The van der Waals surface area contributed by atoms with Gasteiger partial charge in [0.25, 0.3) is 0 Å². The molecule has 0 saturated heterocycles. The van der Waals surface area contributed by atoms with Crippen LogP contribution < -0.4 is 0 Å². The Hall–Kier alpha value is -3.40. The Bertz CT molecular complexity index is 1400. The summed E-state index contributed by atoms with van der Waals surface area (Å²) >= 11 is 0. The Morgan fingerprint density at radius 2 is 1.15 bits per heavy atom. The van der Waals surface area contributed by atoms with E-state index in [-0.39, 0.29) is 0 Å². The number of sulfone groups is 2. The van der Waals surface area contributed by atoms with Crippen molar-refractivity contribution in [1.29, 1.82) is 0 Å². The molecule has 0 aliphatic heterocycles. The Balaban J connectivity index is 2.36. The van der Waals surface area contributed by atoms with Gasteiger partial charge in [-0.05, 0) is 30.7 Å². The molecular weight excluding hydrogens is 606 g/mol. The molecule has 224 valence electrons. The lowest BCUT2D eigenvalue weighted by Gasteiger charge is -2.34. The zero-order valence-electron chi connectivity index (χ0n) is 20.8. The van der Waals surface area contributed by atoms with Gasteiger partial charge in [-0.1, -0.05) is 42.5 Å². The summed E-state index contributed by atoms with van der Waals surface area (Å²) in [5, 5.41) is 0. The number of allylic oxidation sites excluding steroid dienone is 1. The van der Waals surface area contributed by atoms with Crippen LogP contribution in [0.1, 0.15) is 12.8 Å². The van der Waals surface area contributed by atoms with Gasteiger partial charge in [-0.3, -0.25) is 9.59 Å². The van der Waals surface area contributed by atoms with E-state index in [4.69, 9.17) is 0 Å². The third-order valence-electron chi connectivity index (χ3n) is 6.50. The molecular formula is C25H22F6O8S2. The number of halogens is 6. The van der Waals surface area contributed by atoms with Gasteiger partial charge in [-0.2, -0.15) is 26.3 Å². The summed E-state index contributed by atoms with van der Waals surface area (Å²) in [5.74, 6) is -6.14. The highest BCUT2D eigenvalue weighted by Crippen LogP contribution is 2.59. The van der Waals surface area contributed by atoms with E-state index >= 15 is 0 Å². The topological polar surface area (TPSA) is 121 Å². The number of carbonyl (C=O) groups is 2. The minimum absolute atomic E-state index is 0.616. The Kier molecular flexibility index (Phi) is 8.71. The number of hydrogen-bond acceptors (Lipinski definition) is 8. The molecule has 8 nitrogen and oxygen atoms in total. The fourth-order valence-corrected chi connectivity index (χ4v) is 10.3. The molecule has 1 atom stereocenters. The van der Waals surface area contributed by atoms with Crippen molar-refractivity contribution in [3.8, 4) is 0 Å². The Morgan fingerprint density at radius 3 is 1.46 bits per heavy atom. The van der Waals surface area contributed by atoms with Crippen molar-refractivity contribution >= 4 is 31.6 Å². The molecule has 3 rings (SSSR count). The first-order chi connectivity index (χ1) is 18.8. The van der Waals surface area contributed by atoms with Crippen molar-refractivity contribution in [2.75, 3.05) is 13.2 Å². The fourth-order valence-electron chi connectivity index (χ4n) is 4.71. The van der Waals surface area contributed by atoms with E-state index in [9.17, 15) is 52.8 Å². The van der Waals surface area contributed by atoms with E-state index in [1.807, 2.05) is 0 Å². The average molecular weight is 629 g/mol. The molecule has 41 heavy (non-hydrogen) atoms. The van der Waals surface area contributed by atoms with E-state index in [0.717, 1.165) is 30.3 Å². The number of esters is 2. The maximum Gasteiger partial charge on any atom is 0.422 e. The molecule has 0 amide bonds. The van der Waals surface area contributed by atoms with E-state index in [0.29, 0.717) is 0 Å². The van der Waals surface area contributed by atoms with Gasteiger partial charge in [0.05, 0.1) is 9.79 Å². The zero-order chi connectivity index (χ0) is 30.9. The van der Waals surface area contributed by atoms with Gasteiger partial charge < -0.3 is 9.47 Å². The first kappa shape index (κ1) is 32.1. The summed E-state index contributed by atoms with van der Waals surface area (Å²) in [5.41, 5.74) is -3.22. The first-order valence-electron chi connectivity index (χ1n) is 11.5. The molecule has 16 heteroatoms. The van der Waals surface area contributed by atoms with Crippen LogP contribution in [0.25, 0.3) is 0 Å². The van der Waals surface area contributed by atoms with Gasteiger partial charge in [-0.15, -0.1) is 6.58 Å². The second-order valence-corrected chi connectivity index (χ2v) is 13.8. The molecule has 2 aromatic rings. The number of hydrogen-bond donors (Lipinski definition) is 0. The molecule has 1 unspecified atom stereocenters. The SMILES string of the molecule is C=CC1CC(C(=O)OCC(F)(F)F)(C(=O)OCC(F)(F)F)CC1(S(=O)(=O)c1ccccc1)S(=O)(=O)c1ccccc1. The summed E-state index contributed by atoms with van der Waals surface area (Å²) in [6.45, 7) is -1.19. The number of benzene rings is 2. The minimum Gasteiger partial charge on any atom is -0.455 e. The monoisotopic (exact) mass is 628 g/mol. The van der Waals surface area contributed by atoms with Crippen molar-refractivity contribution in [2.24, 2.45) is 11.3 Å². The quantitative estimate of drug-likeness (QED) is 0.173. The Morgan fingerprint density at radius 1 is 0.780 bits per heavy atom. The fraction of sp³-hybridized carbons (Fsp3) is 0.360. The normalized spacial score (nSPS) is 18.8. The number of carbonyl (C=O) groups excluding carboxylic acids is 2. The Labute approximate surface area is 230 Å². The summed E-state index contributed by atoms with van der Waals surface area (Å²) in [6, 6.07) is 11.7. The molecule has 0 N–H and O–H groups in total. The molecule has 0 aromatic heterocycles. The van der Waals surface area contributed by atoms with E-state index in [2.05, 4.69) is 16.1 Å². The van der Waals surface area contributed by atoms with E-state index in [1.165, 1.54) is 36.4 Å². The molecule has 0 heterocycles. The van der Waals surface area contributed by atoms with Crippen LogP contribution in [0.2, 0.25) is 0 Å². The lowest BCUT2D eigenvalue weighted by atomic mass is 9.85. The van der Waals surface area contributed by atoms with Crippen molar-refractivity contribution < 1.29 is 62.2 Å². The number of alkyl halides is 6. The lowest BCUT2D eigenvalue weighted by Crippen LogP contribution is -2.51. The van der Waals surface area contributed by atoms with Crippen LogP contribution in [0.5, 0.6) is 0 Å². The van der Waals surface area contributed by atoms with Crippen molar-refractivity contribution in [2.45, 2.75) is 39.1 Å². The van der Waals surface area contributed by atoms with Crippen LogP contribution in [0, 0.1) is 11.3 Å². The summed E-state index contributed by atoms with van der Waals surface area (Å²) in [7, 11) is -10.4. The molecule has 2 aromatic carbocycles. The predicted molar refractivity (Wildman–Crippen MR) is 129 cm³/mol. The molecule has 0 radical (unpaired) electrons. The molecule has 1 saturated carbocycles. The summed E-state index contributed by atoms with van der Waals surface area (Å²) in [4.78, 5) is 25.0. The van der Waals surface area contributed by atoms with E-state index in [1.54, 1.807) is 0 Å². The lowest BCUT2D eigenvalue weighted by molar-refractivity contribution is -0.206. The van der Waals surface area contributed by atoms with Crippen LogP contribution in [0.4, 0.5) is 26.3 Å². The second kappa shape index (κ2) is 11.1. The van der Waals surface area contributed by atoms with Gasteiger partial charge in [0.15, 0.2) is 42.4 Å². The largest absolute Gasteiger partial charge is 0.455 e. The van der Waals surface area contributed by atoms with Gasteiger partial charge in [0, 0.05) is 12.3 Å². The highest BCUT2D eigenvalue weighted by atomic mass is 32.3. The minimum atomic E-state index is -5.21. The number of ether oxygens (including phenoxy) is 2. The average Bonchev–Trinajstić information content (AvgIpc) is 3.30. The molecule has 0 spiro atoms. The van der Waals surface area contributed by atoms with Crippen LogP contribution in [-0.2, 0) is 38.7 Å². The maximum atomic E-state index is 14.2. The third-order valence-corrected chi connectivity index (χ3v) is 12.3. The smallest absolute Gasteiger partial charge is 0.422 e. The van der Waals surface area contributed by atoms with Gasteiger partial charge >= 0.3 is 24.3 Å². The zero-order valence-corrected chi connectivity index (χ0v) is 22.4. The maximum absolute atomic E-state index is 14.2. The van der Waals surface area contributed by atoms with Gasteiger partial charge in [0.1, 0.15) is 0 Å². The summed E-state index contributed by atoms with van der Waals surface area (Å²) in [6.07, 6.45) is -12.4. The van der Waals surface area contributed by atoms with E-state index < -0.39 is 95.2 Å². The molecule has 0 bridgehead atoms. The van der Waals surface area contributed by atoms with Gasteiger partial charge in [-0.25, -0.2) is 16.8 Å².